The standard InChI is InChI=1S/C20H19ClIN3O/c1-12-9-10-16(26-11-15-7-5-4-6-8-15)13(2)18(12)25-20-17(22)19(21)23-14(3)24-20/h4-10H,11H2,1-3H3,(H,23,24,25). The smallest absolute Gasteiger partial charge is 0.149 e. The van der Waals surface area contributed by atoms with Crippen LogP contribution in [-0.2, 0) is 6.61 Å². The fourth-order valence-electron chi connectivity index (χ4n) is 2.64. The monoisotopic (exact) mass is 479 g/mol. The van der Waals surface area contributed by atoms with Crippen LogP contribution in [0.2, 0.25) is 5.15 Å². The second-order valence-corrected chi connectivity index (χ2v) is 7.44. The van der Waals surface area contributed by atoms with Crippen LogP contribution in [0.25, 0.3) is 0 Å². The van der Waals surface area contributed by atoms with E-state index in [0.717, 1.165) is 31.7 Å². The Morgan fingerprint density at radius 3 is 2.50 bits per heavy atom. The molecule has 3 aromatic rings. The number of hydrogen-bond donors (Lipinski definition) is 1. The number of benzene rings is 2. The first-order chi connectivity index (χ1) is 12.5. The highest BCUT2D eigenvalue weighted by atomic mass is 127. The van der Waals surface area contributed by atoms with Crippen molar-refractivity contribution in [1.29, 1.82) is 0 Å². The van der Waals surface area contributed by atoms with Gasteiger partial charge in [-0.1, -0.05) is 48.0 Å². The molecular formula is C20H19ClIN3O. The lowest BCUT2D eigenvalue weighted by Crippen LogP contribution is -2.05. The van der Waals surface area contributed by atoms with E-state index in [1.165, 1.54) is 0 Å². The average Bonchev–Trinajstić information content (AvgIpc) is 2.62. The molecule has 0 unspecified atom stereocenters. The van der Waals surface area contributed by atoms with E-state index < -0.39 is 0 Å². The normalized spacial score (nSPS) is 10.7. The second kappa shape index (κ2) is 8.22. The fourth-order valence-corrected chi connectivity index (χ4v) is 3.23. The van der Waals surface area contributed by atoms with Crippen LogP contribution in [-0.4, -0.2) is 9.97 Å². The van der Waals surface area contributed by atoms with E-state index in [1.54, 1.807) is 0 Å². The zero-order valence-corrected chi connectivity index (χ0v) is 17.7. The summed E-state index contributed by atoms with van der Waals surface area (Å²) >= 11 is 8.34. The molecule has 0 bridgehead atoms. The molecule has 26 heavy (non-hydrogen) atoms. The van der Waals surface area contributed by atoms with Gasteiger partial charge in [-0.3, -0.25) is 0 Å². The molecule has 3 rings (SSSR count). The van der Waals surface area contributed by atoms with Crippen molar-refractivity contribution >= 4 is 45.7 Å². The molecule has 0 atom stereocenters. The first-order valence-corrected chi connectivity index (χ1v) is 9.65. The molecule has 6 heteroatoms. The number of nitrogens with zero attached hydrogens (tertiary/aromatic N) is 2. The second-order valence-electron chi connectivity index (χ2n) is 6.00. The molecule has 2 aromatic carbocycles. The first kappa shape index (κ1) is 18.9. The lowest BCUT2D eigenvalue weighted by molar-refractivity contribution is 0.304. The Morgan fingerprint density at radius 1 is 1.04 bits per heavy atom. The highest BCUT2D eigenvalue weighted by Gasteiger charge is 2.14. The van der Waals surface area contributed by atoms with Gasteiger partial charge in [0.25, 0.3) is 0 Å². The highest BCUT2D eigenvalue weighted by molar-refractivity contribution is 14.1. The van der Waals surface area contributed by atoms with Gasteiger partial charge in [0.2, 0.25) is 0 Å². The zero-order chi connectivity index (χ0) is 18.7. The average molecular weight is 480 g/mol. The number of ether oxygens (including phenoxy) is 1. The van der Waals surface area contributed by atoms with Gasteiger partial charge in [0.1, 0.15) is 29.2 Å². The van der Waals surface area contributed by atoms with Gasteiger partial charge in [0.05, 0.1) is 3.57 Å². The summed E-state index contributed by atoms with van der Waals surface area (Å²) in [6.07, 6.45) is 0. The van der Waals surface area contributed by atoms with Crippen LogP contribution in [0.4, 0.5) is 11.5 Å². The van der Waals surface area contributed by atoms with E-state index in [9.17, 15) is 0 Å². The van der Waals surface area contributed by atoms with Crippen LogP contribution in [0.3, 0.4) is 0 Å². The number of anilines is 2. The van der Waals surface area contributed by atoms with Crippen LogP contribution in [0, 0.1) is 24.3 Å². The third-order valence-corrected chi connectivity index (χ3v) is 5.64. The van der Waals surface area contributed by atoms with Gasteiger partial charge in [-0.25, -0.2) is 9.97 Å². The summed E-state index contributed by atoms with van der Waals surface area (Å²) in [5.74, 6) is 2.17. The molecule has 0 saturated heterocycles. The van der Waals surface area contributed by atoms with E-state index in [4.69, 9.17) is 16.3 Å². The highest BCUT2D eigenvalue weighted by Crippen LogP contribution is 2.33. The van der Waals surface area contributed by atoms with Gasteiger partial charge in [0, 0.05) is 11.3 Å². The van der Waals surface area contributed by atoms with Crippen molar-refractivity contribution in [2.24, 2.45) is 0 Å². The number of aryl methyl sites for hydroxylation is 2. The summed E-state index contributed by atoms with van der Waals surface area (Å²) in [7, 11) is 0. The Bertz CT molecular complexity index is 932. The van der Waals surface area contributed by atoms with Gasteiger partial charge >= 0.3 is 0 Å². The van der Waals surface area contributed by atoms with Crippen molar-refractivity contribution in [1.82, 2.24) is 9.97 Å². The fraction of sp³-hybridized carbons (Fsp3) is 0.200. The van der Waals surface area contributed by atoms with Gasteiger partial charge in [-0.2, -0.15) is 0 Å². The number of halogens is 2. The molecule has 0 spiro atoms. The molecule has 0 aliphatic rings. The van der Waals surface area contributed by atoms with Crippen LogP contribution >= 0.6 is 34.2 Å². The predicted molar refractivity (Wildman–Crippen MR) is 114 cm³/mol. The maximum atomic E-state index is 6.19. The van der Waals surface area contributed by atoms with Crippen molar-refractivity contribution in [3.63, 3.8) is 0 Å². The number of aromatic nitrogens is 2. The Morgan fingerprint density at radius 2 is 1.77 bits per heavy atom. The van der Waals surface area contributed by atoms with Gasteiger partial charge in [-0.15, -0.1) is 0 Å². The Hall–Kier alpha value is -1.86. The molecule has 1 aromatic heterocycles. The minimum absolute atomic E-state index is 0.451. The minimum Gasteiger partial charge on any atom is -0.489 e. The molecule has 134 valence electrons. The molecule has 4 nitrogen and oxygen atoms in total. The molecule has 0 fully saturated rings. The quantitative estimate of drug-likeness (QED) is 0.361. The maximum Gasteiger partial charge on any atom is 0.149 e. The lowest BCUT2D eigenvalue weighted by Gasteiger charge is -2.17. The zero-order valence-electron chi connectivity index (χ0n) is 14.8. The summed E-state index contributed by atoms with van der Waals surface area (Å²) in [5, 5.41) is 3.86. The number of hydrogen-bond acceptors (Lipinski definition) is 4. The van der Waals surface area contributed by atoms with Crippen molar-refractivity contribution in [3.05, 3.63) is 73.7 Å². The predicted octanol–water partition coefficient (Wildman–Crippen LogP) is 5.98. The lowest BCUT2D eigenvalue weighted by atomic mass is 10.1. The van der Waals surface area contributed by atoms with Crippen LogP contribution in [0.15, 0.2) is 42.5 Å². The summed E-state index contributed by atoms with van der Waals surface area (Å²) in [5.41, 5.74) is 4.25. The summed E-state index contributed by atoms with van der Waals surface area (Å²) in [6, 6.07) is 14.2. The molecule has 1 N–H and O–H groups in total. The SMILES string of the molecule is Cc1nc(Cl)c(I)c(Nc2c(C)ccc(OCc3ccccc3)c2C)n1. The third-order valence-electron chi connectivity index (χ3n) is 4.03. The van der Waals surface area contributed by atoms with Crippen LogP contribution in [0.5, 0.6) is 5.75 Å². The Balaban J connectivity index is 1.88. The number of rotatable bonds is 5. The number of nitrogens with one attached hydrogen (secondary N) is 1. The third kappa shape index (κ3) is 4.27. The van der Waals surface area contributed by atoms with Gasteiger partial charge in [-0.05, 0) is 60.6 Å². The molecule has 0 radical (unpaired) electrons. The van der Waals surface area contributed by atoms with Crippen molar-refractivity contribution in [3.8, 4) is 5.75 Å². The molecule has 0 aliphatic heterocycles. The van der Waals surface area contributed by atoms with Crippen LogP contribution in [0.1, 0.15) is 22.5 Å². The Kier molecular flexibility index (Phi) is 5.98. The topological polar surface area (TPSA) is 47.0 Å². The molecule has 0 saturated carbocycles. The van der Waals surface area contributed by atoms with E-state index in [0.29, 0.717) is 23.4 Å². The van der Waals surface area contributed by atoms with E-state index >= 15 is 0 Å². The molecule has 1 heterocycles. The molecule has 0 amide bonds. The molecule has 0 aliphatic carbocycles. The van der Waals surface area contributed by atoms with E-state index in [1.807, 2.05) is 44.2 Å². The van der Waals surface area contributed by atoms with Gasteiger partial charge < -0.3 is 10.1 Å². The minimum atomic E-state index is 0.451. The van der Waals surface area contributed by atoms with Crippen molar-refractivity contribution in [2.75, 3.05) is 5.32 Å². The summed E-state index contributed by atoms with van der Waals surface area (Å²) < 4.78 is 6.83. The summed E-state index contributed by atoms with van der Waals surface area (Å²) in [4.78, 5) is 8.66. The Labute approximate surface area is 172 Å². The first-order valence-electron chi connectivity index (χ1n) is 8.19. The largest absolute Gasteiger partial charge is 0.489 e. The van der Waals surface area contributed by atoms with E-state index in [2.05, 4.69) is 56.9 Å². The van der Waals surface area contributed by atoms with E-state index in [-0.39, 0.29) is 0 Å². The molecular weight excluding hydrogens is 461 g/mol. The summed E-state index contributed by atoms with van der Waals surface area (Å²) in [6.45, 7) is 6.45. The van der Waals surface area contributed by atoms with Crippen molar-refractivity contribution in [2.45, 2.75) is 27.4 Å². The van der Waals surface area contributed by atoms with Gasteiger partial charge in [0.15, 0.2) is 0 Å². The van der Waals surface area contributed by atoms with Crippen LogP contribution < -0.4 is 10.1 Å². The maximum absolute atomic E-state index is 6.19. The van der Waals surface area contributed by atoms with Crippen molar-refractivity contribution < 1.29 is 4.74 Å².